The van der Waals surface area contributed by atoms with Crippen LogP contribution in [0.3, 0.4) is 0 Å². The lowest BCUT2D eigenvalue weighted by Crippen LogP contribution is -2.55. The molecule has 39 heavy (non-hydrogen) atoms. The molecular weight excluding hydrogens is 490 g/mol. The highest BCUT2D eigenvalue weighted by atomic mass is 16.6. The molecule has 0 heterocycles. The molecule has 0 aromatic heterocycles. The highest BCUT2D eigenvalue weighted by molar-refractivity contribution is 5.92. The molecule has 0 aliphatic rings. The molecule has 0 radical (unpaired) electrons. The molecule has 2 rings (SSSR count). The topological polar surface area (TPSA) is 87.7 Å². The van der Waals surface area contributed by atoms with Gasteiger partial charge in [-0.1, -0.05) is 61.9 Å². The van der Waals surface area contributed by atoms with Crippen LogP contribution in [0.25, 0.3) is 0 Å². The number of hydrogen-bond acceptors (Lipinski definition) is 4. The third kappa shape index (κ3) is 10.0. The fourth-order valence-electron chi connectivity index (χ4n) is 4.35. The quantitative estimate of drug-likeness (QED) is 0.388. The van der Waals surface area contributed by atoms with Gasteiger partial charge in [-0.15, -0.1) is 0 Å². The largest absolute Gasteiger partial charge is 0.444 e. The van der Waals surface area contributed by atoms with E-state index in [1.807, 2.05) is 90.1 Å². The fraction of sp³-hybridized carbons (Fsp3) is 0.531. The van der Waals surface area contributed by atoms with Crippen molar-refractivity contribution in [1.82, 2.24) is 15.5 Å². The van der Waals surface area contributed by atoms with E-state index >= 15 is 0 Å². The van der Waals surface area contributed by atoms with Crippen LogP contribution >= 0.6 is 0 Å². The van der Waals surface area contributed by atoms with Gasteiger partial charge in [0.25, 0.3) is 0 Å². The SMILES string of the molecule is CCCCN(C(=O)C(Cc1ccccc1)NC(=O)OC(C)(C)C)C(C(=O)NC(C)(C)C)c1cccc(C)c1C. The van der Waals surface area contributed by atoms with Crippen molar-refractivity contribution < 1.29 is 19.1 Å². The molecule has 7 heteroatoms. The number of carbonyl (C=O) groups excluding carboxylic acids is 3. The lowest BCUT2D eigenvalue weighted by molar-refractivity contribution is -0.143. The first kappa shape index (κ1) is 31.9. The first-order chi connectivity index (χ1) is 18.1. The number of rotatable bonds is 10. The summed E-state index contributed by atoms with van der Waals surface area (Å²) in [6.45, 7) is 17.5. The molecule has 0 saturated carbocycles. The molecule has 0 bridgehead atoms. The van der Waals surface area contributed by atoms with Gasteiger partial charge in [0, 0.05) is 18.5 Å². The second kappa shape index (κ2) is 13.6. The predicted octanol–water partition coefficient (Wildman–Crippen LogP) is 6.02. The first-order valence-corrected chi connectivity index (χ1v) is 13.8. The molecule has 2 unspecified atom stereocenters. The third-order valence-corrected chi connectivity index (χ3v) is 6.31. The second-order valence-corrected chi connectivity index (χ2v) is 12.2. The molecule has 0 aliphatic heterocycles. The minimum atomic E-state index is -0.922. The molecule has 2 aromatic rings. The van der Waals surface area contributed by atoms with Gasteiger partial charge in [0.05, 0.1) is 0 Å². The van der Waals surface area contributed by atoms with E-state index in [0.717, 1.165) is 28.7 Å². The van der Waals surface area contributed by atoms with Crippen LogP contribution in [0.2, 0.25) is 0 Å². The minimum absolute atomic E-state index is 0.253. The van der Waals surface area contributed by atoms with Crippen molar-refractivity contribution in [2.75, 3.05) is 6.54 Å². The Labute approximate surface area is 234 Å². The summed E-state index contributed by atoms with van der Waals surface area (Å²) in [5.74, 6) is -0.579. The zero-order chi connectivity index (χ0) is 29.4. The molecule has 0 saturated heterocycles. The standard InChI is InChI=1S/C32H47N3O4/c1-10-11-20-35(27(28(36)34-31(4,5)6)25-19-15-16-22(2)23(25)3)29(37)26(21-24-17-13-12-14-18-24)33-30(38)39-32(7,8)9/h12-19,26-27H,10-11,20-21H2,1-9H3,(H,33,38)(H,34,36). The molecule has 2 atom stereocenters. The van der Waals surface area contributed by atoms with Crippen molar-refractivity contribution in [3.05, 3.63) is 70.8 Å². The average Bonchev–Trinajstić information content (AvgIpc) is 2.81. The van der Waals surface area contributed by atoms with E-state index in [4.69, 9.17) is 4.74 Å². The van der Waals surface area contributed by atoms with Gasteiger partial charge in [0.2, 0.25) is 11.8 Å². The number of ether oxygens (including phenoxy) is 1. The third-order valence-electron chi connectivity index (χ3n) is 6.31. The molecule has 0 spiro atoms. The van der Waals surface area contributed by atoms with Crippen molar-refractivity contribution in [2.45, 2.75) is 105 Å². The monoisotopic (exact) mass is 537 g/mol. The Balaban J connectivity index is 2.61. The Morgan fingerprint density at radius 1 is 0.923 bits per heavy atom. The van der Waals surface area contributed by atoms with E-state index in [0.29, 0.717) is 13.0 Å². The van der Waals surface area contributed by atoms with E-state index < -0.39 is 29.3 Å². The van der Waals surface area contributed by atoms with E-state index in [1.165, 1.54) is 0 Å². The van der Waals surface area contributed by atoms with Gasteiger partial charge in [-0.2, -0.15) is 0 Å². The molecular formula is C32H47N3O4. The predicted molar refractivity (Wildman–Crippen MR) is 156 cm³/mol. The molecule has 2 N–H and O–H groups in total. The minimum Gasteiger partial charge on any atom is -0.444 e. The Morgan fingerprint density at radius 2 is 1.56 bits per heavy atom. The van der Waals surface area contributed by atoms with Crippen LogP contribution in [0.5, 0.6) is 0 Å². The van der Waals surface area contributed by atoms with Gasteiger partial charge in [-0.3, -0.25) is 9.59 Å². The first-order valence-electron chi connectivity index (χ1n) is 13.8. The van der Waals surface area contributed by atoms with Crippen LogP contribution < -0.4 is 10.6 Å². The fourth-order valence-corrected chi connectivity index (χ4v) is 4.35. The normalized spacial score (nSPS) is 13.3. The van der Waals surface area contributed by atoms with Gasteiger partial charge in [-0.05, 0) is 84.1 Å². The number of alkyl carbamates (subject to hydrolysis) is 1. The van der Waals surface area contributed by atoms with Crippen molar-refractivity contribution in [3.8, 4) is 0 Å². The second-order valence-electron chi connectivity index (χ2n) is 12.2. The number of hydrogen-bond donors (Lipinski definition) is 2. The van der Waals surface area contributed by atoms with Crippen molar-refractivity contribution >= 4 is 17.9 Å². The van der Waals surface area contributed by atoms with Crippen LogP contribution in [0.4, 0.5) is 4.79 Å². The smallest absolute Gasteiger partial charge is 0.408 e. The van der Waals surface area contributed by atoms with E-state index in [1.54, 1.807) is 25.7 Å². The van der Waals surface area contributed by atoms with Gasteiger partial charge < -0.3 is 20.3 Å². The number of amides is 3. The summed E-state index contributed by atoms with van der Waals surface area (Å²) in [7, 11) is 0. The van der Waals surface area contributed by atoms with Crippen molar-refractivity contribution in [3.63, 3.8) is 0 Å². The maximum atomic E-state index is 14.4. The van der Waals surface area contributed by atoms with E-state index in [2.05, 4.69) is 10.6 Å². The lowest BCUT2D eigenvalue weighted by atomic mass is 9.93. The molecule has 0 aliphatic carbocycles. The molecule has 7 nitrogen and oxygen atoms in total. The lowest BCUT2D eigenvalue weighted by Gasteiger charge is -2.37. The maximum Gasteiger partial charge on any atom is 0.408 e. The van der Waals surface area contributed by atoms with Crippen LogP contribution in [-0.2, 0) is 20.7 Å². The molecule has 0 fully saturated rings. The number of aryl methyl sites for hydroxylation is 1. The van der Waals surface area contributed by atoms with Gasteiger partial charge >= 0.3 is 6.09 Å². The van der Waals surface area contributed by atoms with Crippen LogP contribution in [0.1, 0.15) is 89.6 Å². The van der Waals surface area contributed by atoms with Crippen molar-refractivity contribution in [1.29, 1.82) is 0 Å². The van der Waals surface area contributed by atoms with E-state index in [-0.39, 0.29) is 18.2 Å². The number of nitrogens with zero attached hydrogens (tertiary/aromatic N) is 1. The highest BCUT2D eigenvalue weighted by Crippen LogP contribution is 2.29. The summed E-state index contributed by atoms with van der Waals surface area (Å²) in [4.78, 5) is 42.8. The Morgan fingerprint density at radius 3 is 2.13 bits per heavy atom. The zero-order valence-corrected chi connectivity index (χ0v) is 25.2. The van der Waals surface area contributed by atoms with Gasteiger partial charge in [0.15, 0.2) is 0 Å². The van der Waals surface area contributed by atoms with Crippen molar-refractivity contribution in [2.24, 2.45) is 0 Å². The summed E-state index contributed by atoms with van der Waals surface area (Å²) in [5, 5.41) is 5.91. The summed E-state index contributed by atoms with van der Waals surface area (Å²) >= 11 is 0. The average molecular weight is 538 g/mol. The van der Waals surface area contributed by atoms with Gasteiger partial charge in [-0.25, -0.2) is 4.79 Å². The van der Waals surface area contributed by atoms with Crippen LogP contribution in [0, 0.1) is 13.8 Å². The van der Waals surface area contributed by atoms with Crippen LogP contribution in [-0.4, -0.2) is 46.5 Å². The molecule has 214 valence electrons. The molecule has 3 amide bonds. The van der Waals surface area contributed by atoms with E-state index in [9.17, 15) is 14.4 Å². The summed E-state index contributed by atoms with van der Waals surface area (Å²) in [5.41, 5.74) is 2.45. The number of nitrogens with one attached hydrogen (secondary N) is 2. The Kier molecular flexibility index (Phi) is 11.1. The molecule has 2 aromatic carbocycles. The summed E-state index contributed by atoms with van der Waals surface area (Å²) < 4.78 is 5.51. The summed E-state index contributed by atoms with van der Waals surface area (Å²) in [6, 6.07) is 13.6. The van der Waals surface area contributed by atoms with Crippen LogP contribution in [0.15, 0.2) is 48.5 Å². The number of unbranched alkanes of at least 4 members (excludes halogenated alkanes) is 1. The Bertz CT molecular complexity index is 1120. The zero-order valence-electron chi connectivity index (χ0n) is 25.2. The van der Waals surface area contributed by atoms with Gasteiger partial charge in [0.1, 0.15) is 17.7 Å². The highest BCUT2D eigenvalue weighted by Gasteiger charge is 2.37. The summed E-state index contributed by atoms with van der Waals surface area (Å²) in [6.07, 6.45) is 1.14. The maximum absolute atomic E-state index is 14.4. The number of benzene rings is 2. The Hall–Kier alpha value is -3.35. The number of carbonyl (C=O) groups is 3.